The Hall–Kier alpha value is -1.20. The largest absolute Gasteiger partial charge is 0.384 e. The molecule has 0 radical (unpaired) electrons. The van der Waals surface area contributed by atoms with Crippen LogP contribution in [0.1, 0.15) is 25.8 Å². The Morgan fingerprint density at radius 2 is 2.20 bits per heavy atom. The predicted molar refractivity (Wildman–Crippen MR) is 88.2 cm³/mol. The van der Waals surface area contributed by atoms with Crippen LogP contribution in [-0.4, -0.2) is 38.4 Å². The minimum atomic E-state index is 0.121. The van der Waals surface area contributed by atoms with E-state index in [9.17, 15) is 0 Å². The molecular formula is C15H25N3OS. The maximum absolute atomic E-state index is 7.90. The van der Waals surface area contributed by atoms with Gasteiger partial charge < -0.3 is 15.4 Å². The van der Waals surface area contributed by atoms with Crippen molar-refractivity contribution in [2.45, 2.75) is 31.2 Å². The quantitative estimate of drug-likeness (QED) is 0.440. The number of rotatable bonds is 8. The van der Waals surface area contributed by atoms with Crippen LogP contribution in [0.25, 0.3) is 0 Å². The lowest BCUT2D eigenvalue weighted by atomic mass is 10.1. The molecule has 0 aliphatic heterocycles. The molecule has 1 rings (SSSR count). The van der Waals surface area contributed by atoms with Crippen molar-refractivity contribution in [3.8, 4) is 0 Å². The number of hydrogen-bond donors (Lipinski definition) is 2. The van der Waals surface area contributed by atoms with Gasteiger partial charge in [0.05, 0.1) is 12.2 Å². The summed E-state index contributed by atoms with van der Waals surface area (Å²) in [6.45, 7) is 5.80. The number of nitrogens with one attached hydrogen (secondary N) is 1. The molecule has 4 nitrogen and oxygen atoms in total. The Balaban J connectivity index is 3.27. The first-order chi connectivity index (χ1) is 9.56. The van der Waals surface area contributed by atoms with E-state index >= 15 is 0 Å². The molecule has 0 saturated heterocycles. The molecule has 0 aromatic heterocycles. The minimum absolute atomic E-state index is 0.121. The van der Waals surface area contributed by atoms with Gasteiger partial charge in [0.15, 0.2) is 0 Å². The van der Waals surface area contributed by atoms with E-state index in [-0.39, 0.29) is 5.84 Å². The van der Waals surface area contributed by atoms with Gasteiger partial charge in [-0.2, -0.15) is 0 Å². The van der Waals surface area contributed by atoms with Crippen LogP contribution >= 0.6 is 11.8 Å². The molecule has 3 N–H and O–H groups in total. The summed E-state index contributed by atoms with van der Waals surface area (Å²) in [7, 11) is 1.71. The molecule has 0 aliphatic rings. The van der Waals surface area contributed by atoms with Gasteiger partial charge in [-0.1, -0.05) is 13.0 Å². The van der Waals surface area contributed by atoms with Crippen LogP contribution in [0.4, 0.5) is 5.69 Å². The number of nitrogen functional groups attached to an aromatic ring is 1. The van der Waals surface area contributed by atoms with E-state index in [1.165, 1.54) is 0 Å². The molecule has 20 heavy (non-hydrogen) atoms. The van der Waals surface area contributed by atoms with Crippen molar-refractivity contribution in [1.29, 1.82) is 5.41 Å². The smallest absolute Gasteiger partial charge is 0.126 e. The molecule has 0 bridgehead atoms. The lowest BCUT2D eigenvalue weighted by Gasteiger charge is -2.32. The number of nitrogens with two attached hydrogens (primary N) is 1. The maximum atomic E-state index is 7.90. The topological polar surface area (TPSA) is 62.3 Å². The van der Waals surface area contributed by atoms with Gasteiger partial charge >= 0.3 is 0 Å². The van der Waals surface area contributed by atoms with Crippen molar-refractivity contribution in [1.82, 2.24) is 0 Å². The zero-order chi connectivity index (χ0) is 15.1. The molecule has 0 aliphatic carbocycles. The number of nitrogens with zero attached hydrogens (tertiary/aromatic N) is 1. The number of benzene rings is 1. The summed E-state index contributed by atoms with van der Waals surface area (Å²) < 4.78 is 5.21. The highest BCUT2D eigenvalue weighted by atomic mass is 32.2. The lowest BCUT2D eigenvalue weighted by Crippen LogP contribution is -2.37. The van der Waals surface area contributed by atoms with Gasteiger partial charge in [0.1, 0.15) is 5.84 Å². The molecule has 0 saturated carbocycles. The fraction of sp³-hybridized carbons (Fsp3) is 0.533. The molecule has 1 unspecified atom stereocenters. The number of anilines is 1. The molecule has 0 heterocycles. The first kappa shape index (κ1) is 16.9. The van der Waals surface area contributed by atoms with Gasteiger partial charge in [-0.15, -0.1) is 11.8 Å². The van der Waals surface area contributed by atoms with E-state index in [0.29, 0.717) is 12.6 Å². The van der Waals surface area contributed by atoms with Crippen molar-refractivity contribution in [2.24, 2.45) is 5.73 Å². The molecule has 5 heteroatoms. The van der Waals surface area contributed by atoms with Crippen molar-refractivity contribution in [2.75, 3.05) is 31.4 Å². The van der Waals surface area contributed by atoms with Gasteiger partial charge in [0.2, 0.25) is 0 Å². The SMILES string of the molecule is CCC(C)N(CCOC)c1cccc(SC)c1C(=N)N. The minimum Gasteiger partial charge on any atom is -0.384 e. The van der Waals surface area contributed by atoms with Gasteiger partial charge in [0.25, 0.3) is 0 Å². The monoisotopic (exact) mass is 295 g/mol. The Bertz CT molecular complexity index is 451. The molecular weight excluding hydrogens is 270 g/mol. The van der Waals surface area contributed by atoms with Crippen molar-refractivity contribution < 1.29 is 4.74 Å². The standard InChI is InChI=1S/C15H25N3OS/c1-5-11(2)18(9-10-19-3)12-7-6-8-13(20-4)14(12)15(16)17/h6-8,11H,5,9-10H2,1-4H3,(H3,16,17). The van der Waals surface area contributed by atoms with E-state index in [4.69, 9.17) is 15.9 Å². The van der Waals surface area contributed by atoms with E-state index in [2.05, 4.69) is 18.7 Å². The van der Waals surface area contributed by atoms with Gasteiger partial charge in [-0.05, 0) is 31.7 Å². The second kappa shape index (κ2) is 8.17. The zero-order valence-electron chi connectivity index (χ0n) is 12.8. The maximum Gasteiger partial charge on any atom is 0.126 e. The number of methoxy groups -OCH3 is 1. The summed E-state index contributed by atoms with van der Waals surface area (Å²) in [6.07, 6.45) is 3.04. The Morgan fingerprint density at radius 1 is 1.50 bits per heavy atom. The highest BCUT2D eigenvalue weighted by molar-refractivity contribution is 7.98. The summed E-state index contributed by atoms with van der Waals surface area (Å²) >= 11 is 1.62. The van der Waals surface area contributed by atoms with Crippen molar-refractivity contribution >= 4 is 23.3 Å². The zero-order valence-corrected chi connectivity index (χ0v) is 13.6. The van der Waals surface area contributed by atoms with Gasteiger partial charge in [-0.3, -0.25) is 5.41 Å². The number of thioether (sulfide) groups is 1. The normalized spacial score (nSPS) is 12.2. The fourth-order valence-corrected chi connectivity index (χ4v) is 2.82. The van der Waals surface area contributed by atoms with Crippen LogP contribution < -0.4 is 10.6 Å². The van der Waals surface area contributed by atoms with Gasteiger partial charge in [0, 0.05) is 30.3 Å². The third-order valence-corrected chi connectivity index (χ3v) is 4.24. The van der Waals surface area contributed by atoms with E-state index in [1.807, 2.05) is 24.5 Å². The fourth-order valence-electron chi connectivity index (χ4n) is 2.19. The van der Waals surface area contributed by atoms with Gasteiger partial charge in [-0.25, -0.2) is 0 Å². The summed E-state index contributed by atoms with van der Waals surface area (Å²) in [4.78, 5) is 3.32. The second-order valence-electron chi connectivity index (χ2n) is 4.71. The Morgan fingerprint density at radius 3 is 2.70 bits per heavy atom. The highest BCUT2D eigenvalue weighted by Gasteiger charge is 2.19. The van der Waals surface area contributed by atoms with E-state index < -0.39 is 0 Å². The third-order valence-electron chi connectivity index (χ3n) is 3.46. The van der Waals surface area contributed by atoms with E-state index in [1.54, 1.807) is 18.9 Å². The number of hydrogen-bond acceptors (Lipinski definition) is 4. The van der Waals surface area contributed by atoms with Crippen molar-refractivity contribution in [3.05, 3.63) is 23.8 Å². The first-order valence-corrected chi connectivity index (χ1v) is 8.06. The number of ether oxygens (including phenoxy) is 1. The number of amidine groups is 1. The molecule has 1 atom stereocenters. The van der Waals surface area contributed by atoms with Crippen LogP contribution in [0, 0.1) is 5.41 Å². The van der Waals surface area contributed by atoms with Crippen molar-refractivity contribution in [3.63, 3.8) is 0 Å². The average Bonchev–Trinajstić information content (AvgIpc) is 2.46. The van der Waals surface area contributed by atoms with Crippen LogP contribution in [0.5, 0.6) is 0 Å². The predicted octanol–water partition coefficient (Wildman–Crippen LogP) is 2.94. The lowest BCUT2D eigenvalue weighted by molar-refractivity contribution is 0.203. The van der Waals surface area contributed by atoms with E-state index in [0.717, 1.165) is 29.1 Å². The summed E-state index contributed by atoms with van der Waals surface area (Å²) in [5.41, 5.74) is 7.66. The van der Waals surface area contributed by atoms with Crippen LogP contribution in [0.2, 0.25) is 0 Å². The summed E-state index contributed by atoms with van der Waals surface area (Å²) in [5, 5.41) is 7.90. The Kier molecular flexibility index (Phi) is 6.88. The Labute approximate surface area is 126 Å². The highest BCUT2D eigenvalue weighted by Crippen LogP contribution is 2.30. The second-order valence-corrected chi connectivity index (χ2v) is 5.56. The summed E-state index contributed by atoms with van der Waals surface area (Å²) in [6, 6.07) is 6.45. The molecule has 0 amide bonds. The molecule has 1 aromatic rings. The third kappa shape index (κ3) is 3.90. The molecule has 1 aromatic carbocycles. The van der Waals surface area contributed by atoms with Crippen LogP contribution in [-0.2, 0) is 4.74 Å². The molecule has 0 fully saturated rings. The van der Waals surface area contributed by atoms with Crippen LogP contribution in [0.3, 0.4) is 0 Å². The molecule has 0 spiro atoms. The average molecular weight is 295 g/mol. The molecule has 112 valence electrons. The first-order valence-electron chi connectivity index (χ1n) is 6.83. The summed E-state index contributed by atoms with van der Waals surface area (Å²) in [5.74, 6) is 0.121. The van der Waals surface area contributed by atoms with Crippen LogP contribution in [0.15, 0.2) is 23.1 Å².